The lowest BCUT2D eigenvalue weighted by atomic mass is 10.1. The van der Waals surface area contributed by atoms with E-state index < -0.39 is 29.7 Å². The van der Waals surface area contributed by atoms with Crippen LogP contribution in [-0.2, 0) is 19.1 Å². The van der Waals surface area contributed by atoms with Gasteiger partial charge in [0.2, 0.25) is 11.8 Å². The lowest BCUT2D eigenvalue weighted by molar-refractivity contribution is -0.131. The van der Waals surface area contributed by atoms with Gasteiger partial charge in [-0.15, -0.1) is 23.1 Å². The van der Waals surface area contributed by atoms with Gasteiger partial charge in [-0.05, 0) is 49.7 Å². The number of esters is 1. The van der Waals surface area contributed by atoms with Gasteiger partial charge in [-0.2, -0.15) is 0 Å². The van der Waals surface area contributed by atoms with Crippen molar-refractivity contribution in [2.75, 3.05) is 28.3 Å². The number of anilines is 3. The normalized spacial score (nSPS) is 10.6. The summed E-state index contributed by atoms with van der Waals surface area (Å²) >= 11 is 2.17. The summed E-state index contributed by atoms with van der Waals surface area (Å²) in [5.74, 6) is -3.35. The molecule has 0 bridgehead atoms. The lowest BCUT2D eigenvalue weighted by Crippen LogP contribution is -2.16. The zero-order chi connectivity index (χ0) is 28.4. The average Bonchev–Trinajstić information content (AvgIpc) is 3.22. The molecule has 0 saturated heterocycles. The molecule has 3 amide bonds. The number of carboxylic acid groups (broad SMARTS) is 1. The molecule has 0 fully saturated rings. The van der Waals surface area contributed by atoms with Crippen LogP contribution in [0, 0.1) is 6.92 Å². The number of thioether (sulfide) groups is 1. The van der Waals surface area contributed by atoms with Crippen LogP contribution < -0.4 is 16.0 Å². The number of aliphatic carboxylic acids is 1. The van der Waals surface area contributed by atoms with Crippen LogP contribution in [0.5, 0.6) is 0 Å². The minimum Gasteiger partial charge on any atom is -0.478 e. The van der Waals surface area contributed by atoms with Crippen molar-refractivity contribution in [3.05, 3.63) is 82.8 Å². The molecule has 0 aliphatic heterocycles. The summed E-state index contributed by atoms with van der Waals surface area (Å²) in [6.45, 7) is 3.41. The lowest BCUT2D eigenvalue weighted by Gasteiger charge is -2.08. The molecule has 0 saturated carbocycles. The third-order valence-corrected chi connectivity index (χ3v) is 7.17. The fourth-order valence-corrected chi connectivity index (χ4v) is 5.14. The fourth-order valence-electron chi connectivity index (χ4n) is 3.28. The molecule has 10 nitrogen and oxygen atoms in total. The molecule has 0 radical (unpaired) electrons. The van der Waals surface area contributed by atoms with Gasteiger partial charge in [-0.1, -0.05) is 24.3 Å². The number of hydrogen-bond donors (Lipinski definition) is 4. The van der Waals surface area contributed by atoms with Gasteiger partial charge >= 0.3 is 11.9 Å². The fraction of sp³-hybridized carbons (Fsp3) is 0.148. The van der Waals surface area contributed by atoms with E-state index in [1.807, 2.05) is 6.07 Å². The van der Waals surface area contributed by atoms with Crippen molar-refractivity contribution in [3.63, 3.8) is 0 Å². The summed E-state index contributed by atoms with van der Waals surface area (Å²) < 4.78 is 5.15. The highest BCUT2D eigenvalue weighted by Gasteiger charge is 2.26. The van der Waals surface area contributed by atoms with Crippen LogP contribution in [0.1, 0.15) is 32.5 Å². The summed E-state index contributed by atoms with van der Waals surface area (Å²) in [6.07, 6.45) is 1.62. The highest BCUT2D eigenvalue weighted by Crippen LogP contribution is 2.34. The Bertz CT molecular complexity index is 1420. The summed E-state index contributed by atoms with van der Waals surface area (Å²) in [6, 6.07) is 15.5. The van der Waals surface area contributed by atoms with Crippen LogP contribution in [0.25, 0.3) is 0 Å². The number of para-hydroxylation sites is 1. The maximum Gasteiger partial charge on any atom is 0.341 e. The zero-order valence-electron chi connectivity index (χ0n) is 21.0. The van der Waals surface area contributed by atoms with Crippen molar-refractivity contribution in [2.45, 2.75) is 18.7 Å². The van der Waals surface area contributed by atoms with Gasteiger partial charge in [0.25, 0.3) is 5.91 Å². The second-order valence-electron chi connectivity index (χ2n) is 7.83. The van der Waals surface area contributed by atoms with Crippen molar-refractivity contribution >= 4 is 69.1 Å². The number of hydrogen-bond acceptors (Lipinski definition) is 8. The molecule has 3 aromatic rings. The number of nitrogens with one attached hydrogen (secondary N) is 3. The Hall–Kier alpha value is -4.42. The van der Waals surface area contributed by atoms with Crippen LogP contribution in [0.15, 0.2) is 71.6 Å². The van der Waals surface area contributed by atoms with E-state index >= 15 is 0 Å². The average molecular weight is 568 g/mol. The number of amides is 3. The van der Waals surface area contributed by atoms with Gasteiger partial charge in [0.15, 0.2) is 0 Å². The Labute approximate surface area is 232 Å². The van der Waals surface area contributed by atoms with E-state index in [1.54, 1.807) is 62.4 Å². The molecule has 0 spiro atoms. The molecule has 0 unspecified atom stereocenters. The highest BCUT2D eigenvalue weighted by atomic mass is 32.2. The number of carbonyl (C=O) groups is 5. The second kappa shape index (κ2) is 13.9. The minimum atomic E-state index is -1.24. The Morgan fingerprint density at radius 1 is 0.949 bits per heavy atom. The molecule has 4 N–H and O–H groups in total. The van der Waals surface area contributed by atoms with Crippen molar-refractivity contribution in [1.82, 2.24) is 0 Å². The standard InChI is InChI=1S/C27H25N3O7S2/c1-3-37-27(36)23-16(2)24(25(35)29-17-8-5-4-6-9-17)39-26(23)30-21(32)15-38-19-11-7-10-18(14-19)28-20(31)12-13-22(33)34/h4-14H,3,15H2,1-2H3,(H,28,31)(H,29,35)(H,30,32)(H,33,34)/b13-12+. The topological polar surface area (TPSA) is 151 Å². The number of benzene rings is 2. The van der Waals surface area contributed by atoms with Gasteiger partial charge in [-0.3, -0.25) is 14.4 Å². The van der Waals surface area contributed by atoms with Crippen molar-refractivity contribution < 1.29 is 33.8 Å². The van der Waals surface area contributed by atoms with Crippen molar-refractivity contribution in [2.24, 2.45) is 0 Å². The number of carbonyl (C=O) groups excluding carboxylic acids is 4. The third kappa shape index (κ3) is 8.55. The molecular formula is C27H25N3O7S2. The van der Waals surface area contributed by atoms with Gasteiger partial charge < -0.3 is 25.8 Å². The smallest absolute Gasteiger partial charge is 0.341 e. The monoisotopic (exact) mass is 567 g/mol. The molecule has 0 aliphatic carbocycles. The molecule has 1 heterocycles. The highest BCUT2D eigenvalue weighted by molar-refractivity contribution is 8.00. The zero-order valence-corrected chi connectivity index (χ0v) is 22.6. The maximum absolute atomic E-state index is 12.9. The quantitative estimate of drug-likeness (QED) is 0.147. The van der Waals surface area contributed by atoms with E-state index in [9.17, 15) is 24.0 Å². The van der Waals surface area contributed by atoms with E-state index in [4.69, 9.17) is 9.84 Å². The summed E-state index contributed by atoms with van der Waals surface area (Å²) in [7, 11) is 0. The van der Waals surface area contributed by atoms with Crippen molar-refractivity contribution in [1.29, 1.82) is 0 Å². The molecular weight excluding hydrogens is 542 g/mol. The number of rotatable bonds is 11. The summed E-state index contributed by atoms with van der Waals surface area (Å²) in [4.78, 5) is 61.7. The molecule has 1 aromatic heterocycles. The number of ether oxygens (including phenoxy) is 1. The largest absolute Gasteiger partial charge is 0.478 e. The predicted octanol–water partition coefficient (Wildman–Crippen LogP) is 4.80. The Morgan fingerprint density at radius 2 is 1.67 bits per heavy atom. The SMILES string of the molecule is CCOC(=O)c1c(NC(=O)CSc2cccc(NC(=O)/C=C/C(=O)O)c2)sc(C(=O)Nc2ccccc2)c1C. The molecule has 0 atom stereocenters. The van der Waals surface area contributed by atoms with Gasteiger partial charge in [0, 0.05) is 28.4 Å². The molecule has 12 heteroatoms. The van der Waals surface area contributed by atoms with Gasteiger partial charge in [-0.25, -0.2) is 9.59 Å². The molecule has 202 valence electrons. The van der Waals surface area contributed by atoms with Crippen LogP contribution in [0.2, 0.25) is 0 Å². The first-order chi connectivity index (χ1) is 18.7. The van der Waals surface area contributed by atoms with Gasteiger partial charge in [0.1, 0.15) is 5.00 Å². The van der Waals surface area contributed by atoms with E-state index in [1.165, 1.54) is 11.8 Å². The molecule has 3 rings (SSSR count). The van der Waals surface area contributed by atoms with E-state index in [0.29, 0.717) is 21.8 Å². The Morgan fingerprint density at radius 3 is 2.36 bits per heavy atom. The molecule has 39 heavy (non-hydrogen) atoms. The third-order valence-electron chi connectivity index (χ3n) is 4.97. The first kappa shape index (κ1) is 29.1. The Kier molecular flexibility index (Phi) is 10.4. The van der Waals surface area contributed by atoms with Crippen LogP contribution in [-0.4, -0.2) is 47.1 Å². The minimum absolute atomic E-state index is 0.0267. The Balaban J connectivity index is 1.71. The van der Waals surface area contributed by atoms with E-state index in [2.05, 4.69) is 16.0 Å². The maximum atomic E-state index is 12.9. The first-order valence-corrected chi connectivity index (χ1v) is 13.4. The van der Waals surface area contributed by atoms with Crippen LogP contribution in [0.3, 0.4) is 0 Å². The van der Waals surface area contributed by atoms with Gasteiger partial charge in [0.05, 0.1) is 22.8 Å². The first-order valence-electron chi connectivity index (χ1n) is 11.6. The van der Waals surface area contributed by atoms with Crippen molar-refractivity contribution in [3.8, 4) is 0 Å². The second-order valence-corrected chi connectivity index (χ2v) is 9.90. The predicted molar refractivity (Wildman–Crippen MR) is 151 cm³/mol. The number of thiophene rings is 1. The summed E-state index contributed by atoms with van der Waals surface area (Å²) in [5.41, 5.74) is 1.53. The molecule has 2 aromatic carbocycles. The number of carboxylic acids is 1. The van der Waals surface area contributed by atoms with Crippen LogP contribution in [0.4, 0.5) is 16.4 Å². The van der Waals surface area contributed by atoms with E-state index in [-0.39, 0.29) is 27.8 Å². The van der Waals surface area contributed by atoms with Crippen LogP contribution >= 0.6 is 23.1 Å². The molecule has 0 aliphatic rings. The van der Waals surface area contributed by atoms with E-state index in [0.717, 1.165) is 23.5 Å². The summed E-state index contributed by atoms with van der Waals surface area (Å²) in [5, 5.41) is 16.9.